The van der Waals surface area contributed by atoms with Crippen LogP contribution in [0.2, 0.25) is 0 Å². The van der Waals surface area contributed by atoms with E-state index < -0.39 is 19.9 Å². The third-order valence-corrected chi connectivity index (χ3v) is 8.78. The van der Waals surface area contributed by atoms with Crippen LogP contribution in [0.1, 0.15) is 42.9 Å². The molecule has 1 aliphatic rings. The van der Waals surface area contributed by atoms with Gasteiger partial charge in [-0.05, 0) is 49.1 Å². The molecule has 0 spiro atoms. The second-order valence-electron chi connectivity index (χ2n) is 7.86. The summed E-state index contributed by atoms with van der Waals surface area (Å²) in [5, 5.41) is 0. The predicted octanol–water partition coefficient (Wildman–Crippen LogP) is 3.49. The van der Waals surface area contributed by atoms with E-state index >= 15 is 0 Å². The molecule has 2 aromatic carbocycles. The molecule has 1 saturated heterocycles. The lowest BCUT2D eigenvalue weighted by Gasteiger charge is -2.24. The van der Waals surface area contributed by atoms with Crippen LogP contribution < -0.4 is 4.72 Å². The minimum atomic E-state index is -3.59. The topological polar surface area (TPSA) is 80.3 Å². The molecule has 29 heavy (non-hydrogen) atoms. The fraction of sp³-hybridized carbons (Fsp3) is 0.455. The number of nitrogens with one attached hydrogen (secondary N) is 1. The van der Waals surface area contributed by atoms with Gasteiger partial charge in [0.05, 0.1) is 17.3 Å². The maximum absolute atomic E-state index is 12.8. The van der Waals surface area contributed by atoms with Crippen LogP contribution in [-0.4, -0.2) is 34.1 Å². The first kappa shape index (κ1) is 22.0. The lowest BCUT2D eigenvalue weighted by molar-refractivity contribution is 0.493. The van der Waals surface area contributed by atoms with Gasteiger partial charge >= 0.3 is 0 Å². The molecule has 2 atom stereocenters. The van der Waals surface area contributed by atoms with Gasteiger partial charge in [-0.2, -0.15) is 0 Å². The summed E-state index contributed by atoms with van der Waals surface area (Å²) in [5.74, 6) is -0.318. The minimum absolute atomic E-state index is 0.0298. The lowest BCUT2D eigenvalue weighted by Crippen LogP contribution is -2.37. The molecular formula is C22H29NO4S2. The van der Waals surface area contributed by atoms with Crippen molar-refractivity contribution < 1.29 is 16.8 Å². The molecular weight excluding hydrogens is 406 g/mol. The number of sulfonamides is 1. The maximum atomic E-state index is 12.8. The quantitative estimate of drug-likeness (QED) is 0.654. The van der Waals surface area contributed by atoms with E-state index in [4.69, 9.17) is 0 Å². The number of sulfone groups is 1. The molecule has 0 saturated carbocycles. The van der Waals surface area contributed by atoms with Crippen molar-refractivity contribution >= 4 is 19.9 Å². The van der Waals surface area contributed by atoms with Gasteiger partial charge in [-0.1, -0.05) is 60.7 Å². The van der Waals surface area contributed by atoms with Crippen LogP contribution in [-0.2, 0) is 26.3 Å². The SMILES string of the molecule is O=S1(=O)CCCC(CS(=O)(=O)NC(CCCc2ccccc2)c2ccccc2)C1. The van der Waals surface area contributed by atoms with Crippen molar-refractivity contribution in [1.29, 1.82) is 0 Å². The molecule has 158 valence electrons. The number of hydrogen-bond acceptors (Lipinski definition) is 4. The van der Waals surface area contributed by atoms with E-state index in [0.29, 0.717) is 19.3 Å². The van der Waals surface area contributed by atoms with Gasteiger partial charge in [0.2, 0.25) is 10.0 Å². The summed E-state index contributed by atoms with van der Waals surface area (Å²) in [6.07, 6.45) is 3.60. The van der Waals surface area contributed by atoms with E-state index in [9.17, 15) is 16.8 Å². The molecule has 0 amide bonds. The van der Waals surface area contributed by atoms with E-state index in [1.807, 2.05) is 48.5 Å². The second-order valence-corrected chi connectivity index (χ2v) is 11.9. The van der Waals surface area contributed by atoms with Crippen molar-refractivity contribution in [3.05, 3.63) is 71.8 Å². The van der Waals surface area contributed by atoms with Gasteiger partial charge in [0.1, 0.15) is 0 Å². The Bertz CT molecular complexity index is 974. The van der Waals surface area contributed by atoms with Crippen molar-refractivity contribution in [1.82, 2.24) is 4.72 Å². The van der Waals surface area contributed by atoms with Crippen molar-refractivity contribution in [3.8, 4) is 0 Å². The van der Waals surface area contributed by atoms with Crippen LogP contribution in [0.3, 0.4) is 0 Å². The van der Waals surface area contributed by atoms with Gasteiger partial charge in [0.25, 0.3) is 0 Å². The summed E-state index contributed by atoms with van der Waals surface area (Å²) in [5.41, 5.74) is 2.16. The molecule has 0 aromatic heterocycles. The van der Waals surface area contributed by atoms with Crippen molar-refractivity contribution in [2.45, 2.75) is 38.1 Å². The van der Waals surface area contributed by atoms with Crippen LogP contribution in [0.5, 0.6) is 0 Å². The molecule has 0 radical (unpaired) electrons. The molecule has 5 nitrogen and oxygen atoms in total. The Labute approximate surface area is 174 Å². The van der Waals surface area contributed by atoms with Crippen LogP contribution in [0.15, 0.2) is 60.7 Å². The van der Waals surface area contributed by atoms with E-state index in [0.717, 1.165) is 18.4 Å². The van der Waals surface area contributed by atoms with Gasteiger partial charge in [0, 0.05) is 6.04 Å². The van der Waals surface area contributed by atoms with Crippen LogP contribution in [0.25, 0.3) is 0 Å². The molecule has 3 rings (SSSR count). The Balaban J connectivity index is 1.65. The Morgan fingerprint density at radius 3 is 2.31 bits per heavy atom. The summed E-state index contributed by atoms with van der Waals surface area (Å²) in [6, 6.07) is 19.4. The summed E-state index contributed by atoms with van der Waals surface area (Å²) in [7, 11) is -6.71. The maximum Gasteiger partial charge on any atom is 0.212 e. The Hall–Kier alpha value is -1.70. The predicted molar refractivity (Wildman–Crippen MR) is 117 cm³/mol. The molecule has 0 bridgehead atoms. The zero-order valence-electron chi connectivity index (χ0n) is 16.5. The van der Waals surface area contributed by atoms with Gasteiger partial charge in [-0.15, -0.1) is 0 Å². The first-order valence-electron chi connectivity index (χ1n) is 10.1. The van der Waals surface area contributed by atoms with Crippen molar-refractivity contribution in [2.24, 2.45) is 5.92 Å². The smallest absolute Gasteiger partial charge is 0.212 e. The Morgan fingerprint density at radius 2 is 1.66 bits per heavy atom. The first-order chi connectivity index (χ1) is 13.8. The zero-order valence-corrected chi connectivity index (χ0v) is 18.2. The second kappa shape index (κ2) is 9.87. The normalized spacial score (nSPS) is 20.2. The number of rotatable bonds is 9. The van der Waals surface area contributed by atoms with E-state index in [-0.39, 0.29) is 29.2 Å². The third kappa shape index (κ3) is 7.24. The van der Waals surface area contributed by atoms with E-state index in [2.05, 4.69) is 16.9 Å². The van der Waals surface area contributed by atoms with Crippen molar-refractivity contribution in [2.75, 3.05) is 17.3 Å². The summed E-state index contributed by atoms with van der Waals surface area (Å²) >= 11 is 0. The molecule has 1 aliphatic heterocycles. The Morgan fingerprint density at radius 1 is 1.00 bits per heavy atom. The van der Waals surface area contributed by atoms with Crippen molar-refractivity contribution in [3.63, 3.8) is 0 Å². The molecule has 2 unspecified atom stereocenters. The fourth-order valence-corrected chi connectivity index (χ4v) is 7.57. The van der Waals surface area contributed by atoms with Gasteiger partial charge < -0.3 is 0 Å². The van der Waals surface area contributed by atoms with Gasteiger partial charge in [-0.3, -0.25) is 0 Å². The average molecular weight is 436 g/mol. The highest BCUT2D eigenvalue weighted by Gasteiger charge is 2.30. The van der Waals surface area contributed by atoms with E-state index in [1.165, 1.54) is 5.56 Å². The Kier molecular flexibility index (Phi) is 7.49. The van der Waals surface area contributed by atoms with Gasteiger partial charge in [0.15, 0.2) is 9.84 Å². The minimum Gasteiger partial charge on any atom is -0.229 e. The molecule has 7 heteroatoms. The van der Waals surface area contributed by atoms with Crippen LogP contribution in [0, 0.1) is 5.92 Å². The highest BCUT2D eigenvalue weighted by molar-refractivity contribution is 7.91. The average Bonchev–Trinajstić information content (AvgIpc) is 2.67. The first-order valence-corrected chi connectivity index (χ1v) is 13.6. The number of aryl methyl sites for hydroxylation is 1. The fourth-order valence-electron chi connectivity index (χ4n) is 3.96. The van der Waals surface area contributed by atoms with Crippen LogP contribution in [0.4, 0.5) is 0 Å². The lowest BCUT2D eigenvalue weighted by atomic mass is 10.00. The summed E-state index contributed by atoms with van der Waals surface area (Å²) in [6.45, 7) is 0. The zero-order chi connectivity index (χ0) is 20.7. The summed E-state index contributed by atoms with van der Waals surface area (Å²) in [4.78, 5) is 0. The monoisotopic (exact) mass is 435 g/mol. The van der Waals surface area contributed by atoms with Crippen LogP contribution >= 0.6 is 0 Å². The van der Waals surface area contributed by atoms with E-state index in [1.54, 1.807) is 0 Å². The van der Waals surface area contributed by atoms with Gasteiger partial charge in [-0.25, -0.2) is 21.6 Å². The highest BCUT2D eigenvalue weighted by Crippen LogP contribution is 2.24. The highest BCUT2D eigenvalue weighted by atomic mass is 32.2. The number of hydrogen-bond donors (Lipinski definition) is 1. The largest absolute Gasteiger partial charge is 0.229 e. The molecule has 1 heterocycles. The number of benzene rings is 2. The molecule has 0 aliphatic carbocycles. The third-order valence-electron chi connectivity index (χ3n) is 5.34. The molecule has 2 aromatic rings. The summed E-state index contributed by atoms with van der Waals surface area (Å²) < 4.78 is 52.2. The molecule has 1 N–H and O–H groups in total. The molecule has 1 fully saturated rings. The standard InChI is InChI=1S/C22H29NO4S2/c24-28(25)16-8-12-20(17-28)18-29(26,27)23-22(21-13-5-2-6-14-21)15-7-11-19-9-3-1-4-10-19/h1-6,9-10,13-14,20,22-23H,7-8,11-12,15-18H2.